The fourth-order valence-electron chi connectivity index (χ4n) is 2.73. The van der Waals surface area contributed by atoms with E-state index in [0.29, 0.717) is 5.92 Å². The van der Waals surface area contributed by atoms with Gasteiger partial charge in [-0.15, -0.1) is 0 Å². The molecule has 2 aromatic rings. The van der Waals surface area contributed by atoms with E-state index in [4.69, 9.17) is 0 Å². The molecule has 0 bridgehead atoms. The molecule has 0 spiro atoms. The Kier molecular flexibility index (Phi) is 4.02. The molecule has 2 aromatic carbocycles. The van der Waals surface area contributed by atoms with E-state index in [2.05, 4.69) is 34.9 Å². The maximum Gasteiger partial charge on any atom is 0.241 e. The molecule has 2 atom stereocenters. The van der Waals surface area contributed by atoms with Crippen molar-refractivity contribution in [2.45, 2.75) is 25.3 Å². The highest BCUT2D eigenvalue weighted by Gasteiger charge is 2.26. The summed E-state index contributed by atoms with van der Waals surface area (Å²) in [6.45, 7) is 2.75. The molecule has 0 fully saturated rings. The molecule has 2 unspecified atom stereocenters. The van der Waals surface area contributed by atoms with E-state index in [-0.39, 0.29) is 11.9 Å². The van der Waals surface area contributed by atoms with Gasteiger partial charge in [0.25, 0.3) is 0 Å². The highest BCUT2D eigenvalue weighted by molar-refractivity contribution is 5.94. The molecule has 0 heterocycles. The third-order valence-electron chi connectivity index (χ3n) is 4.07. The summed E-state index contributed by atoms with van der Waals surface area (Å²) in [5.41, 5.74) is 3.69. The van der Waals surface area contributed by atoms with E-state index < -0.39 is 0 Å². The van der Waals surface area contributed by atoms with Crippen molar-refractivity contribution < 1.29 is 4.79 Å². The van der Waals surface area contributed by atoms with Crippen LogP contribution in [0.2, 0.25) is 0 Å². The number of para-hydroxylation sites is 1. The van der Waals surface area contributed by atoms with Crippen LogP contribution in [-0.2, 0) is 11.2 Å². The number of hydrogen-bond donors (Lipinski definition) is 2. The van der Waals surface area contributed by atoms with Crippen LogP contribution < -0.4 is 10.6 Å². The first-order valence-corrected chi connectivity index (χ1v) is 7.41. The quantitative estimate of drug-likeness (QED) is 0.884. The first-order valence-electron chi connectivity index (χ1n) is 7.41. The van der Waals surface area contributed by atoms with Crippen molar-refractivity contribution in [2.75, 3.05) is 11.9 Å². The van der Waals surface area contributed by atoms with Gasteiger partial charge in [0.15, 0.2) is 0 Å². The lowest BCUT2D eigenvalue weighted by Gasteiger charge is -2.31. The molecular formula is C18H20N2O. The third kappa shape index (κ3) is 3.14. The molecule has 0 saturated carbocycles. The molecule has 1 aliphatic rings. The Bertz CT molecular complexity index is 624. The molecule has 3 rings (SSSR count). The smallest absolute Gasteiger partial charge is 0.241 e. The van der Waals surface area contributed by atoms with Crippen LogP contribution in [0, 0.1) is 0 Å². The van der Waals surface area contributed by atoms with E-state index in [1.165, 1.54) is 11.1 Å². The summed E-state index contributed by atoms with van der Waals surface area (Å²) >= 11 is 0. The predicted molar refractivity (Wildman–Crippen MR) is 85.4 cm³/mol. The fourth-order valence-corrected chi connectivity index (χ4v) is 2.73. The maximum atomic E-state index is 12.1. The average Bonchev–Trinajstić information content (AvgIpc) is 2.49. The number of carbonyl (C=O) groups is 1. The molecule has 1 amide bonds. The van der Waals surface area contributed by atoms with Crippen LogP contribution in [0.15, 0.2) is 54.6 Å². The van der Waals surface area contributed by atoms with Crippen LogP contribution in [0.3, 0.4) is 0 Å². The summed E-state index contributed by atoms with van der Waals surface area (Å²) in [6.07, 6.45) is 1.11. The van der Waals surface area contributed by atoms with Crippen molar-refractivity contribution in [1.29, 1.82) is 0 Å². The second kappa shape index (κ2) is 6.10. The minimum Gasteiger partial charge on any atom is -0.325 e. The maximum absolute atomic E-state index is 12.1. The molecule has 21 heavy (non-hydrogen) atoms. The van der Waals surface area contributed by atoms with Crippen LogP contribution in [0.1, 0.15) is 24.0 Å². The van der Waals surface area contributed by atoms with Crippen molar-refractivity contribution in [3.63, 3.8) is 0 Å². The van der Waals surface area contributed by atoms with Gasteiger partial charge >= 0.3 is 0 Å². The van der Waals surface area contributed by atoms with Crippen molar-refractivity contribution in [3.05, 3.63) is 65.7 Å². The fraction of sp³-hybridized carbons (Fsp3) is 0.278. The first kappa shape index (κ1) is 13.8. The third-order valence-corrected chi connectivity index (χ3v) is 4.07. The Hall–Kier alpha value is -2.13. The van der Waals surface area contributed by atoms with E-state index >= 15 is 0 Å². The normalized spacial score (nSPS) is 17.5. The molecule has 3 heteroatoms. The number of anilines is 1. The summed E-state index contributed by atoms with van der Waals surface area (Å²) in [5.74, 6) is 0.544. The van der Waals surface area contributed by atoms with E-state index in [1.807, 2.05) is 37.3 Å². The molecule has 3 nitrogen and oxygen atoms in total. The number of fused-ring (bicyclic) bond motifs is 1. The van der Waals surface area contributed by atoms with Crippen LogP contribution in [0.4, 0.5) is 5.69 Å². The van der Waals surface area contributed by atoms with Crippen molar-refractivity contribution in [3.8, 4) is 0 Å². The van der Waals surface area contributed by atoms with Gasteiger partial charge in [0, 0.05) is 18.2 Å². The number of benzene rings is 2. The first-order chi connectivity index (χ1) is 10.2. The van der Waals surface area contributed by atoms with Crippen LogP contribution >= 0.6 is 0 Å². The molecule has 0 aromatic heterocycles. The van der Waals surface area contributed by atoms with Gasteiger partial charge < -0.3 is 10.6 Å². The number of rotatable bonds is 5. The Morgan fingerprint density at radius 3 is 2.62 bits per heavy atom. The molecule has 1 aliphatic carbocycles. The minimum absolute atomic E-state index is 0.00816. The van der Waals surface area contributed by atoms with E-state index in [1.54, 1.807) is 0 Å². The molecule has 108 valence electrons. The zero-order chi connectivity index (χ0) is 14.7. The average molecular weight is 280 g/mol. The van der Waals surface area contributed by atoms with Crippen molar-refractivity contribution in [2.24, 2.45) is 0 Å². The van der Waals surface area contributed by atoms with Crippen LogP contribution in [0.5, 0.6) is 0 Å². The number of carbonyl (C=O) groups excluding carboxylic acids is 1. The van der Waals surface area contributed by atoms with Gasteiger partial charge in [-0.2, -0.15) is 0 Å². The SMILES string of the molecule is CC(NCC1Cc2ccccc21)C(=O)Nc1ccccc1. The van der Waals surface area contributed by atoms with E-state index in [0.717, 1.165) is 18.7 Å². The lowest BCUT2D eigenvalue weighted by Crippen LogP contribution is -2.41. The van der Waals surface area contributed by atoms with Crippen LogP contribution in [-0.4, -0.2) is 18.5 Å². The zero-order valence-electron chi connectivity index (χ0n) is 12.2. The largest absolute Gasteiger partial charge is 0.325 e. The topological polar surface area (TPSA) is 41.1 Å². The Morgan fingerprint density at radius 2 is 1.86 bits per heavy atom. The summed E-state index contributed by atoms with van der Waals surface area (Å²) in [4.78, 5) is 12.1. The highest BCUT2D eigenvalue weighted by atomic mass is 16.2. The van der Waals surface area contributed by atoms with Gasteiger partial charge in [0.1, 0.15) is 0 Å². The summed E-state index contributed by atoms with van der Waals surface area (Å²) < 4.78 is 0. The van der Waals surface area contributed by atoms with Gasteiger partial charge in [0.2, 0.25) is 5.91 Å². The summed E-state index contributed by atoms with van der Waals surface area (Å²) in [5, 5.41) is 6.25. The van der Waals surface area contributed by atoms with Gasteiger partial charge in [-0.25, -0.2) is 0 Å². The molecule has 0 aliphatic heterocycles. The molecule has 2 N–H and O–H groups in total. The Morgan fingerprint density at radius 1 is 1.14 bits per heavy atom. The number of nitrogens with one attached hydrogen (secondary N) is 2. The lowest BCUT2D eigenvalue weighted by atomic mass is 9.77. The molecular weight excluding hydrogens is 260 g/mol. The molecule has 0 saturated heterocycles. The van der Waals surface area contributed by atoms with Crippen molar-refractivity contribution in [1.82, 2.24) is 5.32 Å². The Balaban J connectivity index is 1.49. The summed E-state index contributed by atoms with van der Waals surface area (Å²) in [7, 11) is 0. The predicted octanol–water partition coefficient (Wildman–Crippen LogP) is 2.94. The van der Waals surface area contributed by atoms with Gasteiger partial charge in [-0.3, -0.25) is 4.79 Å². The molecule has 0 radical (unpaired) electrons. The van der Waals surface area contributed by atoms with Crippen molar-refractivity contribution >= 4 is 11.6 Å². The van der Waals surface area contributed by atoms with Crippen LogP contribution in [0.25, 0.3) is 0 Å². The van der Waals surface area contributed by atoms with Gasteiger partial charge in [0.05, 0.1) is 6.04 Å². The lowest BCUT2D eigenvalue weighted by molar-refractivity contribution is -0.117. The van der Waals surface area contributed by atoms with Gasteiger partial charge in [-0.05, 0) is 36.6 Å². The second-order valence-electron chi connectivity index (χ2n) is 5.59. The minimum atomic E-state index is -0.196. The number of hydrogen-bond acceptors (Lipinski definition) is 2. The summed E-state index contributed by atoms with van der Waals surface area (Å²) in [6, 6.07) is 17.9. The second-order valence-corrected chi connectivity index (χ2v) is 5.59. The highest BCUT2D eigenvalue weighted by Crippen LogP contribution is 2.34. The zero-order valence-corrected chi connectivity index (χ0v) is 12.2. The monoisotopic (exact) mass is 280 g/mol. The van der Waals surface area contributed by atoms with Gasteiger partial charge in [-0.1, -0.05) is 42.5 Å². The number of amides is 1. The standard InChI is InChI=1S/C18H20N2O/c1-13(18(21)20-16-8-3-2-4-9-16)19-12-15-11-14-7-5-6-10-17(14)15/h2-10,13,15,19H,11-12H2,1H3,(H,20,21). The Labute approximate surface area is 125 Å². The van der Waals surface area contributed by atoms with E-state index in [9.17, 15) is 4.79 Å².